The van der Waals surface area contributed by atoms with E-state index in [-0.39, 0.29) is 23.7 Å². The minimum atomic E-state index is -2.99. The van der Waals surface area contributed by atoms with Gasteiger partial charge in [-0.3, -0.25) is 0 Å². The number of ether oxygens (including phenoxy) is 1. The number of fused-ring (bicyclic) bond motifs is 3. The Balaban J connectivity index is 1.37. The number of rotatable bonds is 5. The first-order valence-electron chi connectivity index (χ1n) is 12.7. The van der Waals surface area contributed by atoms with Crippen molar-refractivity contribution in [2.75, 3.05) is 0 Å². The van der Waals surface area contributed by atoms with Gasteiger partial charge in [0.1, 0.15) is 23.0 Å². The molecule has 0 radical (unpaired) electrons. The molecule has 1 fully saturated rings. The van der Waals surface area contributed by atoms with E-state index in [0.717, 1.165) is 12.8 Å². The van der Waals surface area contributed by atoms with Crippen LogP contribution in [0.4, 0.5) is 13.2 Å². The van der Waals surface area contributed by atoms with Crippen LogP contribution in [-0.2, 0) is 0 Å². The molecule has 3 aromatic heterocycles. The maximum absolute atomic E-state index is 15.2. The highest BCUT2D eigenvalue weighted by Crippen LogP contribution is 2.47. The molecule has 2 aliphatic rings. The van der Waals surface area contributed by atoms with Gasteiger partial charge in [-0.05, 0) is 45.1 Å². The average Bonchev–Trinajstić information content (AvgIpc) is 3.40. The fourth-order valence-electron chi connectivity index (χ4n) is 5.78. The van der Waals surface area contributed by atoms with E-state index in [0.29, 0.717) is 46.8 Å². The topological polar surface area (TPSA) is 92.8 Å². The Bertz CT molecular complexity index is 1480. The molecule has 2 aliphatic carbocycles. The summed E-state index contributed by atoms with van der Waals surface area (Å²) in [7, 11) is 0. The van der Waals surface area contributed by atoms with Crippen molar-refractivity contribution in [3.05, 3.63) is 77.5 Å². The van der Waals surface area contributed by atoms with E-state index in [1.807, 2.05) is 6.92 Å². The Hall–Kier alpha value is -3.50. The number of halogens is 3. The Morgan fingerprint density at radius 2 is 1.84 bits per heavy atom. The molecule has 4 aromatic rings. The molecule has 3 heterocycles. The molecule has 0 amide bonds. The second kappa shape index (κ2) is 9.36. The largest absolute Gasteiger partial charge is 0.435 e. The third kappa shape index (κ3) is 4.41. The van der Waals surface area contributed by atoms with Crippen LogP contribution in [0, 0.1) is 5.82 Å². The lowest BCUT2D eigenvalue weighted by Crippen LogP contribution is -2.30. The number of hydrogen-bond donors (Lipinski definition) is 2. The summed E-state index contributed by atoms with van der Waals surface area (Å²) >= 11 is 0. The number of pyridine rings is 1. The molecule has 198 valence electrons. The minimum Gasteiger partial charge on any atom is -0.435 e. The van der Waals surface area contributed by atoms with Crippen LogP contribution >= 0.6 is 0 Å². The van der Waals surface area contributed by atoms with Crippen molar-refractivity contribution in [1.29, 1.82) is 0 Å². The SMILES string of the molecule is CC1(O)CCC(c2ncc(-c3cn4c5c(nc4cc3F)C(O)CC5c3ccccc3OC(F)F)cn2)CC1. The number of aliphatic hydroxyl groups is 2. The fraction of sp³-hybridized carbons (Fsp3) is 0.393. The molecule has 7 nitrogen and oxygen atoms in total. The van der Waals surface area contributed by atoms with Gasteiger partial charge in [0, 0.05) is 53.2 Å². The van der Waals surface area contributed by atoms with Gasteiger partial charge in [0.15, 0.2) is 0 Å². The number of imidazole rings is 1. The normalized spacial score (nSPS) is 25.2. The average molecular weight is 525 g/mol. The lowest BCUT2D eigenvalue weighted by Gasteiger charge is -2.32. The summed E-state index contributed by atoms with van der Waals surface area (Å²) in [4.78, 5) is 13.5. The van der Waals surface area contributed by atoms with E-state index in [9.17, 15) is 19.0 Å². The van der Waals surface area contributed by atoms with E-state index >= 15 is 4.39 Å². The number of para-hydroxylation sites is 1. The highest BCUT2D eigenvalue weighted by atomic mass is 19.3. The van der Waals surface area contributed by atoms with Crippen molar-refractivity contribution in [2.24, 2.45) is 0 Å². The number of hydrogen-bond acceptors (Lipinski definition) is 6. The number of nitrogens with zero attached hydrogens (tertiary/aromatic N) is 4. The molecule has 38 heavy (non-hydrogen) atoms. The molecule has 0 bridgehead atoms. The lowest BCUT2D eigenvalue weighted by atomic mass is 9.79. The maximum Gasteiger partial charge on any atom is 0.387 e. The van der Waals surface area contributed by atoms with E-state index in [1.165, 1.54) is 12.1 Å². The van der Waals surface area contributed by atoms with Gasteiger partial charge in [-0.1, -0.05) is 18.2 Å². The molecule has 2 unspecified atom stereocenters. The number of benzene rings is 1. The summed E-state index contributed by atoms with van der Waals surface area (Å²) in [6, 6.07) is 7.77. The van der Waals surface area contributed by atoms with Crippen LogP contribution in [0.1, 0.15) is 79.7 Å². The monoisotopic (exact) mass is 524 g/mol. The first-order chi connectivity index (χ1) is 18.2. The van der Waals surface area contributed by atoms with Crippen molar-refractivity contribution < 1.29 is 28.1 Å². The van der Waals surface area contributed by atoms with Crippen molar-refractivity contribution in [3.63, 3.8) is 0 Å². The second-order valence-corrected chi connectivity index (χ2v) is 10.5. The van der Waals surface area contributed by atoms with Gasteiger partial charge in [0.25, 0.3) is 0 Å². The molecular formula is C28H27F3N4O3. The van der Waals surface area contributed by atoms with Gasteiger partial charge in [-0.15, -0.1) is 0 Å². The van der Waals surface area contributed by atoms with E-state index in [4.69, 9.17) is 4.74 Å². The van der Waals surface area contributed by atoms with E-state index in [2.05, 4.69) is 15.0 Å². The Morgan fingerprint density at radius 3 is 2.55 bits per heavy atom. The van der Waals surface area contributed by atoms with Crippen LogP contribution in [0.5, 0.6) is 5.75 Å². The smallest absolute Gasteiger partial charge is 0.387 e. The predicted molar refractivity (Wildman–Crippen MR) is 133 cm³/mol. The van der Waals surface area contributed by atoms with Crippen molar-refractivity contribution in [3.8, 4) is 16.9 Å². The Kier molecular flexibility index (Phi) is 6.11. The van der Waals surface area contributed by atoms with E-state index in [1.54, 1.807) is 41.2 Å². The molecule has 0 aliphatic heterocycles. The zero-order valence-electron chi connectivity index (χ0n) is 20.7. The number of alkyl halides is 2. The molecular weight excluding hydrogens is 497 g/mol. The molecule has 1 saturated carbocycles. The minimum absolute atomic E-state index is 0.0260. The highest BCUT2D eigenvalue weighted by molar-refractivity contribution is 5.65. The fourth-order valence-corrected chi connectivity index (χ4v) is 5.78. The van der Waals surface area contributed by atoms with Crippen LogP contribution in [0.2, 0.25) is 0 Å². The second-order valence-electron chi connectivity index (χ2n) is 10.5. The number of aliphatic hydroxyl groups excluding tert-OH is 1. The summed E-state index contributed by atoms with van der Waals surface area (Å²) in [5.74, 6) is -0.151. The number of aromatic nitrogens is 4. The van der Waals surface area contributed by atoms with Gasteiger partial charge >= 0.3 is 6.61 Å². The van der Waals surface area contributed by atoms with Crippen LogP contribution in [0.25, 0.3) is 16.8 Å². The Morgan fingerprint density at radius 1 is 1.13 bits per heavy atom. The first kappa shape index (κ1) is 24.8. The van der Waals surface area contributed by atoms with Gasteiger partial charge < -0.3 is 19.4 Å². The molecule has 2 N–H and O–H groups in total. The third-order valence-corrected chi connectivity index (χ3v) is 7.80. The molecule has 2 atom stereocenters. The molecule has 6 rings (SSSR count). The van der Waals surface area contributed by atoms with Crippen LogP contribution < -0.4 is 4.74 Å². The zero-order chi connectivity index (χ0) is 26.6. The lowest BCUT2D eigenvalue weighted by molar-refractivity contribution is -0.0506. The quantitative estimate of drug-likeness (QED) is 0.358. The Labute approximate surface area is 217 Å². The van der Waals surface area contributed by atoms with Gasteiger partial charge in [0.2, 0.25) is 0 Å². The summed E-state index contributed by atoms with van der Waals surface area (Å²) < 4.78 is 47.8. The summed E-state index contributed by atoms with van der Waals surface area (Å²) in [5, 5.41) is 20.9. The molecule has 0 saturated heterocycles. The molecule has 10 heteroatoms. The van der Waals surface area contributed by atoms with Crippen LogP contribution in [0.3, 0.4) is 0 Å². The third-order valence-electron chi connectivity index (χ3n) is 7.80. The first-order valence-corrected chi connectivity index (χ1v) is 12.7. The predicted octanol–water partition coefficient (Wildman–Crippen LogP) is 5.51. The van der Waals surface area contributed by atoms with Gasteiger partial charge in [-0.25, -0.2) is 19.3 Å². The van der Waals surface area contributed by atoms with Crippen molar-refractivity contribution in [2.45, 2.75) is 69.2 Å². The van der Waals surface area contributed by atoms with Gasteiger partial charge in [0.05, 0.1) is 23.1 Å². The van der Waals surface area contributed by atoms with Crippen LogP contribution in [-0.4, -0.2) is 41.8 Å². The molecule has 0 spiro atoms. The summed E-state index contributed by atoms with van der Waals surface area (Å²) in [5.41, 5.74) is 1.88. The maximum atomic E-state index is 15.2. The highest BCUT2D eigenvalue weighted by Gasteiger charge is 2.38. The van der Waals surface area contributed by atoms with Gasteiger partial charge in [-0.2, -0.15) is 8.78 Å². The summed E-state index contributed by atoms with van der Waals surface area (Å²) in [6.45, 7) is -1.15. The standard InChI is InChI=1S/C28H27F3N4O3/c1-28(37)8-6-15(7-9-28)26-32-12-16(13-33-26)19-14-35-23(11-20(19)29)34-24-21(36)10-18(25(24)35)17-4-2-3-5-22(17)38-27(30)31/h2-5,11-15,18,21,27,36-37H,6-10H2,1H3. The molecule has 1 aromatic carbocycles. The van der Waals surface area contributed by atoms with Crippen molar-refractivity contribution in [1.82, 2.24) is 19.4 Å². The summed E-state index contributed by atoms with van der Waals surface area (Å²) in [6.07, 6.45) is 7.01. The van der Waals surface area contributed by atoms with Crippen LogP contribution in [0.15, 0.2) is 48.9 Å². The zero-order valence-corrected chi connectivity index (χ0v) is 20.7. The van der Waals surface area contributed by atoms with E-state index < -0.39 is 30.1 Å². The van der Waals surface area contributed by atoms with Crippen molar-refractivity contribution >= 4 is 5.65 Å².